The molecule has 0 spiro atoms. The van der Waals surface area contributed by atoms with Crippen molar-refractivity contribution in [1.29, 1.82) is 0 Å². The molecule has 0 bridgehead atoms. The molecule has 0 amide bonds. The first-order valence-electron chi connectivity index (χ1n) is 28.4. The topological polar surface area (TPSA) is 94.1 Å². The van der Waals surface area contributed by atoms with E-state index in [9.17, 15) is 14.3 Å². The molecule has 2 unspecified atom stereocenters. The lowest BCUT2D eigenvalue weighted by atomic mass is 10.0. The van der Waals surface area contributed by atoms with Gasteiger partial charge in [0, 0.05) is 13.0 Å². The lowest BCUT2D eigenvalue weighted by Gasteiger charge is -2.28. The maximum atomic E-state index is 12.8. The van der Waals surface area contributed by atoms with Gasteiger partial charge in [-0.2, -0.15) is 0 Å². The monoisotopic (exact) mass is 942 g/mol. The molecule has 9 heteroatoms. The highest BCUT2D eigenvalue weighted by atomic mass is 31.2. The van der Waals surface area contributed by atoms with Gasteiger partial charge in [-0.1, -0.05) is 251 Å². The van der Waals surface area contributed by atoms with E-state index in [2.05, 4.69) is 26.0 Å². The fraction of sp³-hybridized carbons (Fsp3) is 0.946. The van der Waals surface area contributed by atoms with E-state index < -0.39 is 13.9 Å². The number of nitrogens with zero attached hydrogens (tertiary/aromatic N) is 1. The van der Waals surface area contributed by atoms with Crippen molar-refractivity contribution in [3.8, 4) is 0 Å². The van der Waals surface area contributed by atoms with Crippen LogP contribution in [0.2, 0.25) is 0 Å². The van der Waals surface area contributed by atoms with Gasteiger partial charge in [-0.25, -0.2) is 0 Å². The first-order chi connectivity index (χ1) is 31.6. The summed E-state index contributed by atoms with van der Waals surface area (Å²) in [6.45, 7) is 5.48. The van der Waals surface area contributed by atoms with Crippen LogP contribution in [0.15, 0.2) is 12.2 Å². The van der Waals surface area contributed by atoms with E-state index in [0.29, 0.717) is 24.1 Å². The first kappa shape index (κ1) is 64.2. The lowest BCUT2D eigenvalue weighted by Crippen LogP contribution is -2.37. The highest BCUT2D eigenvalue weighted by Gasteiger charge is 2.20. The third-order valence-corrected chi connectivity index (χ3v) is 13.8. The molecule has 0 fully saturated rings. The van der Waals surface area contributed by atoms with Gasteiger partial charge in [-0.05, 0) is 38.5 Å². The zero-order valence-corrected chi connectivity index (χ0v) is 45.1. The Labute approximate surface area is 405 Å². The highest BCUT2D eigenvalue weighted by molar-refractivity contribution is 7.45. The molecule has 0 aliphatic carbocycles. The largest absolute Gasteiger partial charge is 0.756 e. The summed E-state index contributed by atoms with van der Waals surface area (Å²) in [6, 6.07) is 0. The molecule has 0 aliphatic heterocycles. The average Bonchev–Trinajstić information content (AvgIpc) is 3.27. The highest BCUT2D eigenvalue weighted by Crippen LogP contribution is 2.38. The average molecular weight is 942 g/mol. The standard InChI is InChI=1S/C56H112NO7P/c1-6-8-10-12-14-16-18-20-22-24-26-27-28-29-30-32-34-36-38-40-42-44-46-48-51-61-53-55(54-63-65(59,60)62-52-50-57(3,4)5)64-56(58)49-47-45-43-41-39-37-35-33-31-25-23-21-19-17-15-13-11-9-7-2/h21,23,55H,6-20,22,24-54H2,1-5H3/b23-21-. The molecular weight excluding hydrogens is 830 g/mol. The summed E-state index contributed by atoms with van der Waals surface area (Å²) in [4.78, 5) is 25.2. The van der Waals surface area contributed by atoms with Gasteiger partial charge in [0.1, 0.15) is 19.3 Å². The Morgan fingerprint density at radius 2 is 0.800 bits per heavy atom. The molecule has 0 saturated heterocycles. The van der Waals surface area contributed by atoms with Crippen molar-refractivity contribution in [3.63, 3.8) is 0 Å². The van der Waals surface area contributed by atoms with Gasteiger partial charge in [0.2, 0.25) is 0 Å². The molecule has 0 heterocycles. The maximum absolute atomic E-state index is 12.8. The molecule has 0 saturated carbocycles. The molecule has 0 aliphatic rings. The van der Waals surface area contributed by atoms with Crippen LogP contribution in [0.3, 0.4) is 0 Å². The number of phosphoric acid groups is 1. The van der Waals surface area contributed by atoms with Crippen molar-refractivity contribution in [2.75, 3.05) is 54.1 Å². The number of allylic oxidation sites excluding steroid dienone is 2. The third-order valence-electron chi connectivity index (χ3n) is 12.8. The van der Waals surface area contributed by atoms with Crippen LogP contribution in [0.1, 0.15) is 284 Å². The second kappa shape index (κ2) is 49.7. The quantitative estimate of drug-likeness (QED) is 0.0197. The number of carbonyl (C=O) groups is 1. The fourth-order valence-corrected chi connectivity index (χ4v) is 9.16. The van der Waals surface area contributed by atoms with Crippen LogP contribution in [0, 0.1) is 0 Å². The van der Waals surface area contributed by atoms with Crippen LogP contribution in [-0.4, -0.2) is 70.7 Å². The summed E-state index contributed by atoms with van der Waals surface area (Å²) < 4.78 is 34.8. The normalized spacial score (nSPS) is 13.5. The Bertz CT molecular complexity index is 1050. The summed E-state index contributed by atoms with van der Waals surface area (Å²) in [7, 11) is 1.37. The third kappa shape index (κ3) is 54.1. The van der Waals surface area contributed by atoms with Crippen LogP contribution in [0.4, 0.5) is 0 Å². The van der Waals surface area contributed by atoms with Crippen LogP contribution in [0.25, 0.3) is 0 Å². The smallest absolute Gasteiger partial charge is 0.306 e. The molecule has 8 nitrogen and oxygen atoms in total. The second-order valence-electron chi connectivity index (χ2n) is 20.7. The van der Waals surface area contributed by atoms with Crippen molar-refractivity contribution >= 4 is 13.8 Å². The van der Waals surface area contributed by atoms with Gasteiger partial charge < -0.3 is 27.9 Å². The van der Waals surface area contributed by atoms with E-state index in [1.807, 2.05) is 21.1 Å². The molecule has 0 N–H and O–H groups in total. The number of carbonyl (C=O) groups excluding carboxylic acids is 1. The summed E-state index contributed by atoms with van der Waals surface area (Å²) in [5.74, 6) is -0.329. The first-order valence-corrected chi connectivity index (χ1v) is 29.9. The number of phosphoric ester groups is 1. The molecule has 65 heavy (non-hydrogen) atoms. The van der Waals surface area contributed by atoms with Gasteiger partial charge in [0.05, 0.1) is 34.4 Å². The number of hydrogen-bond acceptors (Lipinski definition) is 7. The van der Waals surface area contributed by atoms with Gasteiger partial charge in [-0.3, -0.25) is 9.36 Å². The number of hydrogen-bond donors (Lipinski definition) is 0. The molecule has 0 radical (unpaired) electrons. The molecule has 388 valence electrons. The number of ether oxygens (including phenoxy) is 2. The van der Waals surface area contributed by atoms with E-state index in [0.717, 1.165) is 32.1 Å². The molecule has 0 rings (SSSR count). The van der Waals surface area contributed by atoms with E-state index in [1.54, 1.807) is 0 Å². The van der Waals surface area contributed by atoms with Crippen LogP contribution >= 0.6 is 7.82 Å². The summed E-state index contributed by atoms with van der Waals surface area (Å²) >= 11 is 0. The van der Waals surface area contributed by atoms with Crippen LogP contribution < -0.4 is 4.89 Å². The fourth-order valence-electron chi connectivity index (χ4n) is 8.43. The number of unbranched alkanes of at least 4 members (excludes halogenated alkanes) is 38. The van der Waals surface area contributed by atoms with Gasteiger partial charge >= 0.3 is 5.97 Å². The van der Waals surface area contributed by atoms with E-state index >= 15 is 0 Å². The molecular formula is C56H112NO7P. The Kier molecular flexibility index (Phi) is 49.1. The Balaban J connectivity index is 4.03. The van der Waals surface area contributed by atoms with Gasteiger partial charge in [-0.15, -0.1) is 0 Å². The van der Waals surface area contributed by atoms with E-state index in [4.69, 9.17) is 18.5 Å². The minimum absolute atomic E-state index is 0.0296. The molecule has 0 aromatic carbocycles. The number of quaternary nitrogens is 1. The Morgan fingerprint density at radius 1 is 0.462 bits per heavy atom. The summed E-state index contributed by atoms with van der Waals surface area (Å²) in [6.07, 6.45) is 58.2. The minimum Gasteiger partial charge on any atom is -0.756 e. The molecule has 2 atom stereocenters. The zero-order valence-electron chi connectivity index (χ0n) is 44.2. The van der Waals surface area contributed by atoms with Crippen molar-refractivity contribution in [3.05, 3.63) is 12.2 Å². The lowest BCUT2D eigenvalue weighted by molar-refractivity contribution is -0.870. The maximum Gasteiger partial charge on any atom is 0.306 e. The minimum atomic E-state index is -4.53. The molecule has 0 aromatic rings. The van der Waals surface area contributed by atoms with Crippen molar-refractivity contribution < 1.29 is 37.3 Å². The summed E-state index contributed by atoms with van der Waals surface area (Å²) in [5.41, 5.74) is 0. The zero-order chi connectivity index (χ0) is 47.6. The van der Waals surface area contributed by atoms with Gasteiger partial charge in [0.15, 0.2) is 0 Å². The van der Waals surface area contributed by atoms with Gasteiger partial charge in [0.25, 0.3) is 7.82 Å². The number of likely N-dealkylation sites (N-methyl/N-ethyl adjacent to an activating group) is 1. The van der Waals surface area contributed by atoms with Crippen molar-refractivity contribution in [2.24, 2.45) is 0 Å². The van der Waals surface area contributed by atoms with E-state index in [1.165, 1.54) is 231 Å². The Hall–Kier alpha value is -0.760. The molecule has 0 aromatic heterocycles. The van der Waals surface area contributed by atoms with Crippen molar-refractivity contribution in [1.82, 2.24) is 0 Å². The van der Waals surface area contributed by atoms with Crippen molar-refractivity contribution in [2.45, 2.75) is 290 Å². The van der Waals surface area contributed by atoms with E-state index in [-0.39, 0.29) is 25.8 Å². The predicted molar refractivity (Wildman–Crippen MR) is 278 cm³/mol. The number of rotatable bonds is 54. The Morgan fingerprint density at radius 3 is 1.17 bits per heavy atom. The summed E-state index contributed by atoms with van der Waals surface area (Å²) in [5, 5.41) is 0. The SMILES string of the molecule is CCCCCCCC/C=C\CCCCCCCCCCCC(=O)OC(COCCCCCCCCCCCCCCCCCCCCCCCCCC)COP(=O)([O-])OCC[N+](C)(C)C. The number of esters is 1. The van der Waals surface area contributed by atoms with Crippen LogP contribution in [-0.2, 0) is 27.9 Å². The second-order valence-corrected chi connectivity index (χ2v) is 22.1. The van der Waals surface area contributed by atoms with Crippen LogP contribution in [0.5, 0.6) is 0 Å². The predicted octanol–water partition coefficient (Wildman–Crippen LogP) is 17.1.